The molecule has 4 heteroatoms. The lowest BCUT2D eigenvalue weighted by atomic mass is 9.79. The molecule has 0 radical (unpaired) electrons. The van der Waals surface area contributed by atoms with Crippen molar-refractivity contribution < 1.29 is 19.1 Å². The standard InChI is InChI=1S/C24H24O4/c1-23(2)27-21(25)24(22(26)28-23,17-9-15-19-11-5-3-6-12-19)18-10-16-20-13-7-4-8-14-20/h3-16H,17-18H2,1-2H3/b15-9+,16-10+. The highest BCUT2D eigenvalue weighted by molar-refractivity contribution is 6.02. The van der Waals surface area contributed by atoms with Crippen LogP contribution in [0.5, 0.6) is 0 Å². The highest BCUT2D eigenvalue weighted by Gasteiger charge is 2.54. The summed E-state index contributed by atoms with van der Waals surface area (Å²) in [5.74, 6) is -2.35. The van der Waals surface area contributed by atoms with E-state index in [2.05, 4.69) is 0 Å². The molecule has 1 aliphatic heterocycles. The second-order valence-electron chi connectivity index (χ2n) is 7.30. The van der Waals surface area contributed by atoms with Crippen LogP contribution in [0.25, 0.3) is 12.2 Å². The van der Waals surface area contributed by atoms with Crippen LogP contribution in [-0.2, 0) is 19.1 Å². The van der Waals surface area contributed by atoms with Crippen LogP contribution in [0, 0.1) is 5.41 Å². The highest BCUT2D eigenvalue weighted by Crippen LogP contribution is 2.39. The van der Waals surface area contributed by atoms with E-state index in [9.17, 15) is 9.59 Å². The van der Waals surface area contributed by atoms with Crippen molar-refractivity contribution in [2.24, 2.45) is 5.41 Å². The van der Waals surface area contributed by atoms with E-state index in [-0.39, 0.29) is 12.8 Å². The number of cyclic esters (lactones) is 2. The minimum absolute atomic E-state index is 0.203. The van der Waals surface area contributed by atoms with Crippen molar-refractivity contribution in [3.05, 3.63) is 83.9 Å². The van der Waals surface area contributed by atoms with Gasteiger partial charge in [-0.25, -0.2) is 0 Å². The Morgan fingerprint density at radius 1 is 0.714 bits per heavy atom. The van der Waals surface area contributed by atoms with Gasteiger partial charge in [0.15, 0.2) is 5.41 Å². The van der Waals surface area contributed by atoms with E-state index >= 15 is 0 Å². The predicted molar refractivity (Wildman–Crippen MR) is 109 cm³/mol. The van der Waals surface area contributed by atoms with E-state index in [1.165, 1.54) is 0 Å². The van der Waals surface area contributed by atoms with Crippen molar-refractivity contribution in [3.8, 4) is 0 Å². The lowest BCUT2D eigenvalue weighted by Gasteiger charge is -2.39. The molecule has 0 aliphatic carbocycles. The molecule has 0 amide bonds. The van der Waals surface area contributed by atoms with Crippen LogP contribution in [0.3, 0.4) is 0 Å². The Morgan fingerprint density at radius 3 is 1.50 bits per heavy atom. The number of hydrogen-bond donors (Lipinski definition) is 0. The molecular formula is C24H24O4. The van der Waals surface area contributed by atoms with Gasteiger partial charge in [0, 0.05) is 13.8 Å². The Kier molecular flexibility index (Phi) is 5.78. The topological polar surface area (TPSA) is 52.6 Å². The first-order valence-corrected chi connectivity index (χ1v) is 9.31. The molecular weight excluding hydrogens is 352 g/mol. The average molecular weight is 376 g/mol. The summed E-state index contributed by atoms with van der Waals surface area (Å²) in [6, 6.07) is 19.4. The van der Waals surface area contributed by atoms with E-state index < -0.39 is 23.1 Å². The van der Waals surface area contributed by atoms with Crippen LogP contribution in [0.4, 0.5) is 0 Å². The highest BCUT2D eigenvalue weighted by atomic mass is 16.7. The largest absolute Gasteiger partial charge is 0.422 e. The molecule has 2 aromatic carbocycles. The third kappa shape index (κ3) is 4.58. The van der Waals surface area contributed by atoms with Gasteiger partial charge in [-0.05, 0) is 24.0 Å². The molecule has 2 aromatic rings. The van der Waals surface area contributed by atoms with Crippen molar-refractivity contribution in [3.63, 3.8) is 0 Å². The summed E-state index contributed by atoms with van der Waals surface area (Å²) in [6.45, 7) is 3.12. The van der Waals surface area contributed by atoms with Crippen molar-refractivity contribution in [1.82, 2.24) is 0 Å². The third-order valence-corrected chi connectivity index (χ3v) is 4.61. The molecule has 1 saturated heterocycles. The van der Waals surface area contributed by atoms with Gasteiger partial charge in [-0.2, -0.15) is 0 Å². The van der Waals surface area contributed by atoms with Crippen LogP contribution < -0.4 is 0 Å². The Hall–Kier alpha value is -3.14. The third-order valence-electron chi connectivity index (χ3n) is 4.61. The summed E-state index contributed by atoms with van der Waals surface area (Å²) in [5, 5.41) is 0. The Bertz CT molecular complexity index is 806. The maximum atomic E-state index is 12.8. The number of ether oxygens (including phenoxy) is 2. The van der Waals surface area contributed by atoms with Gasteiger partial charge in [0.2, 0.25) is 0 Å². The van der Waals surface area contributed by atoms with Gasteiger partial charge in [-0.3, -0.25) is 9.59 Å². The van der Waals surface area contributed by atoms with E-state index in [0.29, 0.717) is 0 Å². The van der Waals surface area contributed by atoms with Crippen molar-refractivity contribution in [2.75, 3.05) is 0 Å². The zero-order valence-corrected chi connectivity index (χ0v) is 16.1. The molecule has 144 valence electrons. The summed E-state index contributed by atoms with van der Waals surface area (Å²) in [6.07, 6.45) is 7.84. The van der Waals surface area contributed by atoms with Gasteiger partial charge < -0.3 is 9.47 Å². The van der Waals surface area contributed by atoms with Crippen molar-refractivity contribution in [2.45, 2.75) is 32.5 Å². The summed E-state index contributed by atoms with van der Waals surface area (Å²) in [4.78, 5) is 25.7. The molecule has 0 atom stereocenters. The predicted octanol–water partition coefficient (Wildman–Crippen LogP) is 5.02. The molecule has 0 aromatic heterocycles. The number of carbonyl (C=O) groups excluding carboxylic acids is 2. The average Bonchev–Trinajstić information content (AvgIpc) is 2.66. The van der Waals surface area contributed by atoms with Crippen LogP contribution in [0.2, 0.25) is 0 Å². The van der Waals surface area contributed by atoms with E-state index in [1.54, 1.807) is 13.8 Å². The second kappa shape index (κ2) is 8.26. The Labute approximate surface area is 165 Å². The normalized spacial score (nSPS) is 18.2. The quantitative estimate of drug-likeness (QED) is 0.525. The fourth-order valence-electron chi connectivity index (χ4n) is 3.08. The molecule has 3 rings (SSSR count). The molecule has 28 heavy (non-hydrogen) atoms. The minimum atomic E-state index is -1.38. The zero-order chi connectivity index (χ0) is 20.0. The van der Waals surface area contributed by atoms with Crippen LogP contribution in [-0.4, -0.2) is 17.7 Å². The summed E-state index contributed by atoms with van der Waals surface area (Å²) < 4.78 is 10.8. The number of rotatable bonds is 6. The lowest BCUT2D eigenvalue weighted by molar-refractivity contribution is -0.250. The summed E-state index contributed by atoms with van der Waals surface area (Å²) in [7, 11) is 0. The first-order chi connectivity index (χ1) is 13.4. The molecule has 0 bridgehead atoms. The molecule has 0 N–H and O–H groups in total. The number of esters is 2. The van der Waals surface area contributed by atoms with Gasteiger partial charge >= 0.3 is 11.9 Å². The molecule has 1 aliphatic rings. The van der Waals surface area contributed by atoms with Gasteiger partial charge in [-0.15, -0.1) is 0 Å². The number of allylic oxidation sites excluding steroid dienone is 2. The first kappa shape index (κ1) is 19.6. The summed E-state index contributed by atoms with van der Waals surface area (Å²) in [5.41, 5.74) is 0.609. The smallest absolute Gasteiger partial charge is 0.327 e. The number of carbonyl (C=O) groups is 2. The van der Waals surface area contributed by atoms with Crippen LogP contribution in [0.15, 0.2) is 72.8 Å². The molecule has 0 spiro atoms. The van der Waals surface area contributed by atoms with Crippen LogP contribution in [0.1, 0.15) is 37.8 Å². The fraction of sp³-hybridized carbons (Fsp3) is 0.250. The molecule has 1 heterocycles. The van der Waals surface area contributed by atoms with E-state index in [1.807, 2.05) is 85.0 Å². The minimum Gasteiger partial charge on any atom is -0.422 e. The maximum Gasteiger partial charge on any atom is 0.327 e. The van der Waals surface area contributed by atoms with E-state index in [4.69, 9.17) is 9.47 Å². The second-order valence-corrected chi connectivity index (χ2v) is 7.30. The number of hydrogen-bond acceptors (Lipinski definition) is 4. The van der Waals surface area contributed by atoms with Gasteiger partial charge in [0.25, 0.3) is 5.79 Å². The van der Waals surface area contributed by atoms with Gasteiger partial charge in [-0.1, -0.05) is 85.0 Å². The number of benzene rings is 2. The Morgan fingerprint density at radius 2 is 1.11 bits per heavy atom. The molecule has 4 nitrogen and oxygen atoms in total. The zero-order valence-electron chi connectivity index (χ0n) is 16.1. The van der Waals surface area contributed by atoms with E-state index in [0.717, 1.165) is 11.1 Å². The van der Waals surface area contributed by atoms with Crippen molar-refractivity contribution >= 4 is 24.1 Å². The first-order valence-electron chi connectivity index (χ1n) is 9.31. The maximum absolute atomic E-state index is 12.8. The van der Waals surface area contributed by atoms with Gasteiger partial charge in [0.1, 0.15) is 0 Å². The SMILES string of the molecule is CC1(C)OC(=O)C(C/C=C/c2ccccc2)(C/C=C/c2ccccc2)C(=O)O1. The van der Waals surface area contributed by atoms with Crippen molar-refractivity contribution in [1.29, 1.82) is 0 Å². The summed E-state index contributed by atoms with van der Waals surface area (Å²) >= 11 is 0. The van der Waals surface area contributed by atoms with Crippen LogP contribution >= 0.6 is 0 Å². The lowest BCUT2D eigenvalue weighted by Crippen LogP contribution is -2.53. The molecule has 1 fully saturated rings. The Balaban J connectivity index is 1.83. The molecule has 0 unspecified atom stereocenters. The van der Waals surface area contributed by atoms with Gasteiger partial charge in [0.05, 0.1) is 0 Å². The molecule has 0 saturated carbocycles. The fourth-order valence-corrected chi connectivity index (χ4v) is 3.08. The monoisotopic (exact) mass is 376 g/mol.